The average Bonchev–Trinajstić information content (AvgIpc) is 3.34. The monoisotopic (exact) mass is 605 g/mol. The van der Waals surface area contributed by atoms with Crippen molar-refractivity contribution in [1.29, 1.82) is 0 Å². The van der Waals surface area contributed by atoms with Gasteiger partial charge in [-0.2, -0.15) is 9.29 Å². The van der Waals surface area contributed by atoms with Crippen molar-refractivity contribution in [3.8, 4) is 0 Å². The molecule has 4 heterocycles. The van der Waals surface area contributed by atoms with E-state index >= 15 is 0 Å². The Balaban J connectivity index is 1.67. The van der Waals surface area contributed by atoms with E-state index in [1.807, 2.05) is 0 Å². The summed E-state index contributed by atoms with van der Waals surface area (Å²) in [6, 6.07) is 0. The minimum atomic E-state index is -5.73. The summed E-state index contributed by atoms with van der Waals surface area (Å²) in [5.41, 5.74) is 4.35. The fourth-order valence-electron chi connectivity index (χ4n) is 3.97. The first kappa shape index (κ1) is 30.1. The number of ether oxygens (including phenoxy) is 3. The topological polar surface area (TPSA) is 332 Å². The standard InChI is InChI=1S/C16H25N5O16P2/c1-3-5(22)6(23)9(26)14(33-3)35-15(36-39(31,32)37-38(28,29)30)10-7(24)8(25)13(34-10)21-2-18-4-11(21)19-16(17)20-12(4)27/h2-3,5-10,13-15,22-26H,1H3,(H,31,32)(H2,28,29,30)(H3,17,19,20,27)/t3-,5+,6+,7-,8+,9-,10-,13+,14+,15?/m0/s1. The first-order valence-corrected chi connectivity index (χ1v) is 13.9. The second kappa shape index (κ2) is 10.8. The molecule has 2 aromatic rings. The van der Waals surface area contributed by atoms with Crippen molar-refractivity contribution in [2.75, 3.05) is 5.73 Å². The summed E-state index contributed by atoms with van der Waals surface area (Å²) < 4.78 is 48.9. The van der Waals surface area contributed by atoms with Gasteiger partial charge in [0, 0.05) is 0 Å². The fourth-order valence-corrected chi connectivity index (χ4v) is 5.64. The number of imidazole rings is 1. The van der Waals surface area contributed by atoms with Gasteiger partial charge in [0.15, 0.2) is 23.7 Å². The highest BCUT2D eigenvalue weighted by Crippen LogP contribution is 2.59. The zero-order chi connectivity index (χ0) is 29.0. The van der Waals surface area contributed by atoms with Crippen molar-refractivity contribution in [1.82, 2.24) is 19.5 Å². The fraction of sp³-hybridized carbons (Fsp3) is 0.688. The van der Waals surface area contributed by atoms with Gasteiger partial charge < -0.3 is 60.2 Å². The molecule has 2 unspecified atom stereocenters. The Labute approximate surface area is 216 Å². The summed E-state index contributed by atoms with van der Waals surface area (Å²) in [6.45, 7) is 1.27. The second-order valence-corrected chi connectivity index (χ2v) is 11.4. The van der Waals surface area contributed by atoms with Gasteiger partial charge in [-0.05, 0) is 6.92 Å². The van der Waals surface area contributed by atoms with Gasteiger partial charge >= 0.3 is 15.6 Å². The molecule has 2 saturated heterocycles. The van der Waals surface area contributed by atoms with Crippen molar-refractivity contribution in [2.45, 2.75) is 68.5 Å². The number of nitrogens with one attached hydrogen (secondary N) is 1. The highest BCUT2D eigenvalue weighted by atomic mass is 31.3. The molecule has 2 fully saturated rings. The molecule has 0 radical (unpaired) electrons. The number of phosphoric acid groups is 2. The average molecular weight is 605 g/mol. The highest BCUT2D eigenvalue weighted by Gasteiger charge is 2.53. The van der Waals surface area contributed by atoms with Crippen LogP contribution in [0.4, 0.5) is 5.95 Å². The Morgan fingerprint density at radius 1 is 1.05 bits per heavy atom. The van der Waals surface area contributed by atoms with E-state index in [1.54, 1.807) is 0 Å². The molecule has 2 aliphatic rings. The maximum absolute atomic E-state index is 12.3. The summed E-state index contributed by atoms with van der Waals surface area (Å²) in [5.74, 6) is -0.336. The summed E-state index contributed by atoms with van der Waals surface area (Å²) >= 11 is 0. The minimum absolute atomic E-state index is 0.207. The first-order chi connectivity index (χ1) is 18.0. The van der Waals surface area contributed by atoms with Gasteiger partial charge in [0.25, 0.3) is 5.56 Å². The highest BCUT2D eigenvalue weighted by molar-refractivity contribution is 7.60. The lowest BCUT2D eigenvalue weighted by Crippen LogP contribution is -2.59. The molecule has 23 heteroatoms. The van der Waals surface area contributed by atoms with Gasteiger partial charge in [0.05, 0.1) is 12.4 Å². The van der Waals surface area contributed by atoms with E-state index in [4.69, 9.17) is 29.7 Å². The van der Waals surface area contributed by atoms with Crippen LogP contribution in [0.15, 0.2) is 11.1 Å². The van der Waals surface area contributed by atoms with Gasteiger partial charge in [0.1, 0.15) is 36.6 Å². The number of nitrogens with two attached hydrogens (primary N) is 1. The first-order valence-electron chi connectivity index (χ1n) is 10.9. The van der Waals surface area contributed by atoms with Crippen LogP contribution in [0.25, 0.3) is 11.2 Å². The number of H-pyrrole nitrogens is 1. The Hall–Kier alpha value is -1.91. The Kier molecular flexibility index (Phi) is 8.34. The molecule has 0 saturated carbocycles. The van der Waals surface area contributed by atoms with E-state index in [1.165, 1.54) is 6.92 Å². The minimum Gasteiger partial charge on any atom is -0.388 e. The third-order valence-electron chi connectivity index (χ3n) is 5.79. The lowest BCUT2D eigenvalue weighted by molar-refractivity contribution is -0.337. The number of aliphatic hydroxyl groups excluding tert-OH is 5. The molecule has 0 aliphatic carbocycles. The summed E-state index contributed by atoms with van der Waals surface area (Å²) in [6.07, 6.45) is -17.6. The van der Waals surface area contributed by atoms with Gasteiger partial charge in [-0.15, -0.1) is 0 Å². The predicted octanol–water partition coefficient (Wildman–Crippen LogP) is -4.28. The van der Waals surface area contributed by atoms with Crippen LogP contribution < -0.4 is 11.3 Å². The van der Waals surface area contributed by atoms with Crippen LogP contribution in [0.5, 0.6) is 0 Å². The van der Waals surface area contributed by atoms with Crippen LogP contribution in [-0.4, -0.2) is 115 Å². The number of hydrogen-bond donors (Lipinski definition) is 10. The molecule has 21 nitrogen and oxygen atoms in total. The molecule has 0 bridgehead atoms. The maximum Gasteiger partial charge on any atom is 0.483 e. The molecular formula is C16H25N5O16P2. The number of nitrogen functional groups attached to an aromatic ring is 1. The van der Waals surface area contributed by atoms with Crippen molar-refractivity contribution in [2.24, 2.45) is 0 Å². The molecule has 2 aromatic heterocycles. The number of fused-ring (bicyclic) bond motifs is 1. The molecule has 0 aromatic carbocycles. The van der Waals surface area contributed by atoms with E-state index < -0.39 is 82.7 Å². The largest absolute Gasteiger partial charge is 0.483 e. The van der Waals surface area contributed by atoms with Crippen molar-refractivity contribution in [3.63, 3.8) is 0 Å². The van der Waals surface area contributed by atoms with E-state index in [9.17, 15) is 44.4 Å². The number of hydrogen-bond acceptors (Lipinski definition) is 16. The Bertz CT molecular complexity index is 1350. The van der Waals surface area contributed by atoms with E-state index in [2.05, 4.69) is 23.8 Å². The number of rotatable bonds is 8. The van der Waals surface area contributed by atoms with Crippen molar-refractivity contribution < 1.29 is 72.4 Å². The smallest absolute Gasteiger partial charge is 0.388 e. The molecule has 0 amide bonds. The van der Waals surface area contributed by atoms with Gasteiger partial charge in [-0.3, -0.25) is 18.9 Å². The maximum atomic E-state index is 12.3. The SMILES string of the molecule is C[C@@H]1O[C@H](OC(OP(=O)(O)OP(=O)(O)O)[C@H]2O[C@@H](n3cnc4c(=O)[nH]c(N)nc43)[C@H](O)[C@@H]2O)[C@@H](O)[C@H](O)[C@@H]1O. The van der Waals surface area contributed by atoms with E-state index in [0.717, 1.165) is 10.9 Å². The number of anilines is 1. The van der Waals surface area contributed by atoms with Crippen LogP contribution in [0.1, 0.15) is 13.2 Å². The van der Waals surface area contributed by atoms with Crippen molar-refractivity contribution >= 4 is 32.8 Å². The number of aliphatic hydroxyl groups is 5. The van der Waals surface area contributed by atoms with Crippen LogP contribution >= 0.6 is 15.6 Å². The number of phosphoric ester groups is 1. The lowest BCUT2D eigenvalue weighted by Gasteiger charge is -2.40. The summed E-state index contributed by atoms with van der Waals surface area (Å²) in [5, 5.41) is 51.6. The molecular weight excluding hydrogens is 580 g/mol. The number of aromatic nitrogens is 4. The van der Waals surface area contributed by atoms with Crippen LogP contribution in [0.2, 0.25) is 0 Å². The normalized spacial score (nSPS) is 36.2. The lowest BCUT2D eigenvalue weighted by atomic mass is 10.00. The second-order valence-electron chi connectivity index (χ2n) is 8.58. The Morgan fingerprint density at radius 3 is 2.36 bits per heavy atom. The van der Waals surface area contributed by atoms with Gasteiger partial charge in [-0.1, -0.05) is 0 Å². The zero-order valence-electron chi connectivity index (χ0n) is 19.5. The number of aromatic amines is 1. The van der Waals surface area contributed by atoms with Gasteiger partial charge in [0.2, 0.25) is 12.2 Å². The van der Waals surface area contributed by atoms with E-state index in [-0.39, 0.29) is 17.1 Å². The molecule has 220 valence electrons. The quantitative estimate of drug-likeness (QED) is 0.100. The molecule has 2 aliphatic heterocycles. The van der Waals surface area contributed by atoms with Gasteiger partial charge in [-0.25, -0.2) is 14.1 Å². The Morgan fingerprint density at radius 2 is 1.72 bits per heavy atom. The van der Waals surface area contributed by atoms with Crippen LogP contribution in [-0.2, 0) is 32.2 Å². The van der Waals surface area contributed by atoms with Crippen LogP contribution in [0.3, 0.4) is 0 Å². The third-order valence-corrected chi connectivity index (χ3v) is 7.94. The summed E-state index contributed by atoms with van der Waals surface area (Å²) in [4.78, 5) is 49.8. The molecule has 11 N–H and O–H groups in total. The predicted molar refractivity (Wildman–Crippen MR) is 120 cm³/mol. The molecule has 4 rings (SSSR count). The molecule has 0 spiro atoms. The zero-order valence-corrected chi connectivity index (χ0v) is 21.3. The van der Waals surface area contributed by atoms with Crippen molar-refractivity contribution in [3.05, 3.63) is 16.7 Å². The number of nitrogens with zero attached hydrogens (tertiary/aromatic N) is 3. The summed E-state index contributed by atoms with van der Waals surface area (Å²) in [7, 11) is -11.4. The van der Waals surface area contributed by atoms with Crippen LogP contribution in [0, 0.1) is 0 Å². The van der Waals surface area contributed by atoms with E-state index in [0.29, 0.717) is 0 Å². The third kappa shape index (κ3) is 6.22. The molecule has 11 atom stereocenters. The molecule has 39 heavy (non-hydrogen) atoms.